The molecule has 0 saturated heterocycles. The average Bonchev–Trinajstić information content (AvgIpc) is 2.41. The molecule has 0 spiro atoms. The van der Waals surface area contributed by atoms with E-state index in [1.54, 1.807) is 0 Å². The molecule has 2 aliphatic rings. The molecule has 0 saturated carbocycles. The molecule has 1 aromatic carbocycles. The molecule has 1 aliphatic carbocycles. The molecule has 0 fully saturated rings. The SMILES string of the molecule is O=c1ccc2nc3c(F)c(F)c(O)c(F)c3oc-2c1. The third kappa shape index (κ3) is 1.55. The van der Waals surface area contributed by atoms with E-state index in [-0.39, 0.29) is 11.5 Å². The van der Waals surface area contributed by atoms with Crippen LogP contribution in [0.25, 0.3) is 22.6 Å². The Morgan fingerprint density at radius 3 is 2.58 bits per heavy atom. The van der Waals surface area contributed by atoms with Gasteiger partial charge in [0.2, 0.25) is 11.6 Å². The van der Waals surface area contributed by atoms with E-state index in [9.17, 15) is 18.0 Å². The summed E-state index contributed by atoms with van der Waals surface area (Å²) in [6, 6.07) is 3.42. The second-order valence-corrected chi connectivity index (χ2v) is 3.81. The second-order valence-electron chi connectivity index (χ2n) is 3.81. The molecule has 1 aliphatic heterocycles. The maximum Gasteiger partial charge on any atom is 0.212 e. The van der Waals surface area contributed by atoms with Gasteiger partial charge in [0.1, 0.15) is 11.2 Å². The second kappa shape index (κ2) is 3.71. The van der Waals surface area contributed by atoms with Crippen LogP contribution in [-0.2, 0) is 0 Å². The largest absolute Gasteiger partial charge is 0.503 e. The van der Waals surface area contributed by atoms with E-state index in [0.717, 1.165) is 12.1 Å². The van der Waals surface area contributed by atoms with Gasteiger partial charge in [0.25, 0.3) is 0 Å². The van der Waals surface area contributed by atoms with Crippen molar-refractivity contribution in [2.75, 3.05) is 0 Å². The highest BCUT2D eigenvalue weighted by Gasteiger charge is 2.24. The van der Waals surface area contributed by atoms with Gasteiger partial charge in [-0.1, -0.05) is 0 Å². The molecule has 0 bridgehead atoms. The van der Waals surface area contributed by atoms with Gasteiger partial charge in [0, 0.05) is 6.07 Å². The van der Waals surface area contributed by atoms with Crippen molar-refractivity contribution in [3.63, 3.8) is 0 Å². The van der Waals surface area contributed by atoms with Crippen molar-refractivity contribution in [3.05, 3.63) is 45.9 Å². The van der Waals surface area contributed by atoms with Crippen LogP contribution in [-0.4, -0.2) is 10.1 Å². The Labute approximate surface area is 103 Å². The number of aromatic nitrogens is 1. The van der Waals surface area contributed by atoms with Crippen LogP contribution in [0.4, 0.5) is 13.2 Å². The summed E-state index contributed by atoms with van der Waals surface area (Å²) in [5.41, 5.74) is -1.80. The van der Waals surface area contributed by atoms with Crippen LogP contribution in [0.2, 0.25) is 0 Å². The van der Waals surface area contributed by atoms with Crippen molar-refractivity contribution in [2.45, 2.75) is 0 Å². The summed E-state index contributed by atoms with van der Waals surface area (Å²) in [4.78, 5) is 14.8. The normalized spacial score (nSPS) is 11.3. The topological polar surface area (TPSA) is 63.3 Å². The van der Waals surface area contributed by atoms with Crippen molar-refractivity contribution >= 4 is 11.1 Å². The highest BCUT2D eigenvalue weighted by atomic mass is 19.2. The van der Waals surface area contributed by atoms with Gasteiger partial charge in [-0.25, -0.2) is 9.37 Å². The number of aromatic hydroxyl groups is 1. The van der Waals surface area contributed by atoms with Crippen LogP contribution in [0.3, 0.4) is 0 Å². The van der Waals surface area contributed by atoms with Crippen LogP contribution in [0.1, 0.15) is 0 Å². The first-order chi connectivity index (χ1) is 8.99. The summed E-state index contributed by atoms with van der Waals surface area (Å²) in [5.74, 6) is -6.32. The summed E-state index contributed by atoms with van der Waals surface area (Å²) >= 11 is 0. The van der Waals surface area contributed by atoms with Gasteiger partial charge < -0.3 is 9.52 Å². The van der Waals surface area contributed by atoms with Gasteiger partial charge in [-0.15, -0.1) is 0 Å². The molecule has 19 heavy (non-hydrogen) atoms. The Morgan fingerprint density at radius 1 is 1.11 bits per heavy atom. The van der Waals surface area contributed by atoms with Crippen molar-refractivity contribution in [1.82, 2.24) is 4.98 Å². The van der Waals surface area contributed by atoms with E-state index in [2.05, 4.69) is 4.98 Å². The Balaban J connectivity index is 2.57. The van der Waals surface area contributed by atoms with Gasteiger partial charge in [0.05, 0.1) is 0 Å². The van der Waals surface area contributed by atoms with E-state index in [0.29, 0.717) is 0 Å². The van der Waals surface area contributed by atoms with Crippen molar-refractivity contribution in [2.24, 2.45) is 0 Å². The van der Waals surface area contributed by atoms with Crippen molar-refractivity contribution in [1.29, 1.82) is 0 Å². The minimum absolute atomic E-state index is 0.0653. The summed E-state index contributed by atoms with van der Waals surface area (Å²) in [6.45, 7) is 0. The number of hydrogen-bond acceptors (Lipinski definition) is 4. The fourth-order valence-corrected chi connectivity index (χ4v) is 1.71. The number of fused-ring (bicyclic) bond motifs is 2. The molecule has 3 rings (SSSR count). The molecule has 0 radical (unpaired) electrons. The Hall–Kier alpha value is -2.57. The lowest BCUT2D eigenvalue weighted by molar-refractivity contribution is 0.375. The zero-order valence-corrected chi connectivity index (χ0v) is 9.08. The maximum absolute atomic E-state index is 13.6. The lowest BCUT2D eigenvalue weighted by Gasteiger charge is -2.08. The molecule has 7 heteroatoms. The van der Waals surface area contributed by atoms with E-state index in [1.807, 2.05) is 0 Å². The first-order valence-corrected chi connectivity index (χ1v) is 5.09. The maximum atomic E-state index is 13.6. The number of rotatable bonds is 0. The summed E-state index contributed by atoms with van der Waals surface area (Å²) in [5, 5.41) is 9.07. The number of benzene rings is 2. The third-order valence-electron chi connectivity index (χ3n) is 2.61. The number of phenols is 1. The molecule has 96 valence electrons. The minimum atomic E-state index is -1.74. The smallest absolute Gasteiger partial charge is 0.212 e. The summed E-state index contributed by atoms with van der Waals surface area (Å²) < 4.78 is 45.3. The Kier molecular flexibility index (Phi) is 2.25. The molecular weight excluding hydrogens is 263 g/mol. The summed E-state index contributed by atoms with van der Waals surface area (Å²) in [6.07, 6.45) is 0. The molecule has 1 heterocycles. The molecule has 0 atom stereocenters. The molecule has 0 aromatic heterocycles. The first kappa shape index (κ1) is 11.5. The molecule has 0 unspecified atom stereocenters. The molecule has 1 aromatic rings. The van der Waals surface area contributed by atoms with E-state index >= 15 is 0 Å². The predicted octanol–water partition coefficient (Wildman–Crippen LogP) is 2.42. The number of nitrogens with zero attached hydrogens (tertiary/aromatic N) is 1. The van der Waals surface area contributed by atoms with Crippen molar-refractivity contribution < 1.29 is 22.7 Å². The van der Waals surface area contributed by atoms with Crippen LogP contribution >= 0.6 is 0 Å². The summed E-state index contributed by atoms with van der Waals surface area (Å²) in [7, 11) is 0. The minimum Gasteiger partial charge on any atom is -0.503 e. The zero-order chi connectivity index (χ0) is 13.7. The molecule has 0 amide bonds. The van der Waals surface area contributed by atoms with Gasteiger partial charge in [-0.3, -0.25) is 4.79 Å². The highest BCUT2D eigenvalue weighted by molar-refractivity contribution is 5.79. The first-order valence-electron chi connectivity index (χ1n) is 5.09. The van der Waals surface area contributed by atoms with E-state index < -0.39 is 39.7 Å². The van der Waals surface area contributed by atoms with Gasteiger partial charge in [-0.05, 0) is 12.1 Å². The number of phenolic OH excluding ortho intramolecular Hbond substituents is 1. The van der Waals surface area contributed by atoms with Gasteiger partial charge >= 0.3 is 0 Å². The monoisotopic (exact) mass is 267 g/mol. The molecular formula is C12H4F3NO3. The molecule has 4 nitrogen and oxygen atoms in total. The Bertz CT molecular complexity index is 844. The standard InChI is InChI=1S/C12H4F3NO3/c13-7-8(14)11(18)9(15)12-10(7)16-5-2-1-4(17)3-6(5)19-12/h1-3,18H. The number of halogens is 3. The zero-order valence-electron chi connectivity index (χ0n) is 9.08. The van der Waals surface area contributed by atoms with Crippen LogP contribution < -0.4 is 5.43 Å². The van der Waals surface area contributed by atoms with Crippen LogP contribution in [0, 0.1) is 17.5 Å². The highest BCUT2D eigenvalue weighted by Crippen LogP contribution is 2.33. The van der Waals surface area contributed by atoms with Crippen LogP contribution in [0.5, 0.6) is 5.75 Å². The lowest BCUT2D eigenvalue weighted by atomic mass is 10.2. The fourth-order valence-electron chi connectivity index (χ4n) is 1.71. The van der Waals surface area contributed by atoms with Gasteiger partial charge in [-0.2, -0.15) is 8.78 Å². The lowest BCUT2D eigenvalue weighted by Crippen LogP contribution is -2.02. The quantitative estimate of drug-likeness (QED) is 0.502. The van der Waals surface area contributed by atoms with Crippen molar-refractivity contribution in [3.8, 4) is 17.2 Å². The average molecular weight is 267 g/mol. The van der Waals surface area contributed by atoms with Gasteiger partial charge in [0.15, 0.2) is 28.3 Å². The number of hydrogen-bond donors (Lipinski definition) is 1. The molecule has 1 N–H and O–H groups in total. The Morgan fingerprint density at radius 2 is 1.84 bits per heavy atom. The van der Waals surface area contributed by atoms with E-state index in [1.165, 1.54) is 6.07 Å². The third-order valence-corrected chi connectivity index (χ3v) is 2.61. The predicted molar refractivity (Wildman–Crippen MR) is 58.4 cm³/mol. The van der Waals surface area contributed by atoms with E-state index in [4.69, 9.17) is 9.52 Å². The fraction of sp³-hybridized carbons (Fsp3) is 0. The van der Waals surface area contributed by atoms with Crippen LogP contribution in [0.15, 0.2) is 27.4 Å².